The molecule has 1 saturated heterocycles. The second-order valence-electron chi connectivity index (χ2n) is 6.61. The van der Waals surface area contributed by atoms with Crippen LogP contribution < -0.4 is 0 Å². The average Bonchev–Trinajstić information content (AvgIpc) is 3.44. The molecular formula is C23H19NO2. The summed E-state index contributed by atoms with van der Waals surface area (Å²) in [5.74, 6) is -0.118. The standard InChI is InChI=1S/C23H19NO2/c1-16-12-14-19(15-13-16)23(26)24-20(17-8-4-2-5-9-17)21(24)22(25)18-10-6-3-7-11-18/h2-15,20-21H,1H3/t20-,21-,24?/m1/s1. The molecule has 2 atom stereocenters. The Bertz CT molecular complexity index is 933. The van der Waals surface area contributed by atoms with Crippen molar-refractivity contribution in [2.24, 2.45) is 0 Å². The van der Waals surface area contributed by atoms with Gasteiger partial charge in [0.15, 0.2) is 5.78 Å². The lowest BCUT2D eigenvalue weighted by Crippen LogP contribution is -2.19. The predicted octanol–water partition coefficient (Wildman–Crippen LogP) is 4.44. The molecule has 0 saturated carbocycles. The molecular weight excluding hydrogens is 322 g/mol. The van der Waals surface area contributed by atoms with Crippen LogP contribution in [-0.4, -0.2) is 22.6 Å². The fourth-order valence-corrected chi connectivity index (χ4v) is 3.37. The van der Waals surface area contributed by atoms with Gasteiger partial charge in [0, 0.05) is 11.1 Å². The Labute approximate surface area is 152 Å². The fourth-order valence-electron chi connectivity index (χ4n) is 3.37. The number of Topliss-reactive ketones (excluding diaryl/α,β-unsaturated/α-hetero) is 1. The largest absolute Gasteiger partial charge is 0.316 e. The van der Waals surface area contributed by atoms with Gasteiger partial charge in [-0.15, -0.1) is 0 Å². The molecule has 1 fully saturated rings. The summed E-state index contributed by atoms with van der Waals surface area (Å²) in [6, 6.07) is 25.8. The van der Waals surface area contributed by atoms with Crippen molar-refractivity contribution in [3.63, 3.8) is 0 Å². The normalized spacial score (nSPS) is 18.4. The van der Waals surface area contributed by atoms with Gasteiger partial charge in [0.2, 0.25) is 0 Å². The molecule has 0 N–H and O–H groups in total. The Morgan fingerprint density at radius 2 is 1.31 bits per heavy atom. The van der Waals surface area contributed by atoms with Crippen LogP contribution in [0.15, 0.2) is 84.9 Å². The second-order valence-corrected chi connectivity index (χ2v) is 6.61. The molecule has 0 aromatic heterocycles. The molecule has 1 aliphatic rings. The molecule has 0 bridgehead atoms. The van der Waals surface area contributed by atoms with Crippen LogP contribution in [0.3, 0.4) is 0 Å². The van der Waals surface area contributed by atoms with Gasteiger partial charge in [0.25, 0.3) is 5.91 Å². The van der Waals surface area contributed by atoms with E-state index in [1.807, 2.05) is 79.7 Å². The first-order chi connectivity index (χ1) is 12.7. The highest BCUT2D eigenvalue weighted by molar-refractivity contribution is 6.08. The zero-order valence-electron chi connectivity index (χ0n) is 14.5. The third kappa shape index (κ3) is 2.92. The highest BCUT2D eigenvalue weighted by atomic mass is 16.2. The molecule has 1 aliphatic heterocycles. The van der Waals surface area contributed by atoms with Crippen molar-refractivity contribution in [1.82, 2.24) is 4.90 Å². The van der Waals surface area contributed by atoms with Gasteiger partial charge >= 0.3 is 0 Å². The summed E-state index contributed by atoms with van der Waals surface area (Å²) in [5.41, 5.74) is 3.34. The first kappa shape index (κ1) is 16.3. The van der Waals surface area contributed by atoms with Gasteiger partial charge < -0.3 is 4.90 Å². The molecule has 1 heterocycles. The molecule has 1 amide bonds. The summed E-state index contributed by atoms with van der Waals surface area (Å²) in [5, 5.41) is 0. The number of nitrogens with zero attached hydrogens (tertiary/aromatic N) is 1. The van der Waals surface area contributed by atoms with Crippen molar-refractivity contribution >= 4 is 11.7 Å². The van der Waals surface area contributed by atoms with Gasteiger partial charge in [0.05, 0.1) is 6.04 Å². The van der Waals surface area contributed by atoms with Crippen LogP contribution in [-0.2, 0) is 0 Å². The molecule has 4 rings (SSSR count). The zero-order chi connectivity index (χ0) is 18.1. The number of hydrogen-bond donors (Lipinski definition) is 0. The molecule has 0 aliphatic carbocycles. The van der Waals surface area contributed by atoms with Crippen molar-refractivity contribution in [2.45, 2.75) is 19.0 Å². The number of ketones is 1. The van der Waals surface area contributed by atoms with Crippen LogP contribution in [0.2, 0.25) is 0 Å². The topological polar surface area (TPSA) is 37.1 Å². The van der Waals surface area contributed by atoms with Crippen LogP contribution >= 0.6 is 0 Å². The maximum Gasteiger partial charge on any atom is 0.255 e. The van der Waals surface area contributed by atoms with Crippen molar-refractivity contribution in [2.75, 3.05) is 0 Å². The Morgan fingerprint density at radius 1 is 0.731 bits per heavy atom. The van der Waals surface area contributed by atoms with Crippen LogP contribution in [0.25, 0.3) is 0 Å². The van der Waals surface area contributed by atoms with E-state index in [1.54, 1.807) is 17.0 Å². The van der Waals surface area contributed by atoms with E-state index in [4.69, 9.17) is 0 Å². The number of rotatable bonds is 4. The maximum absolute atomic E-state index is 13.0. The number of amides is 1. The first-order valence-corrected chi connectivity index (χ1v) is 8.70. The van der Waals surface area contributed by atoms with Gasteiger partial charge in [-0.05, 0) is 24.6 Å². The molecule has 0 spiro atoms. The zero-order valence-corrected chi connectivity index (χ0v) is 14.5. The minimum atomic E-state index is -0.450. The van der Waals surface area contributed by atoms with Gasteiger partial charge in [0.1, 0.15) is 6.04 Å². The quantitative estimate of drug-likeness (QED) is 0.519. The lowest BCUT2D eigenvalue weighted by molar-refractivity contribution is 0.0833. The average molecular weight is 341 g/mol. The lowest BCUT2D eigenvalue weighted by Gasteiger charge is -2.06. The van der Waals surface area contributed by atoms with E-state index in [9.17, 15) is 9.59 Å². The molecule has 3 heteroatoms. The summed E-state index contributed by atoms with van der Waals surface area (Å²) in [6.07, 6.45) is 0. The monoisotopic (exact) mass is 341 g/mol. The molecule has 128 valence electrons. The number of benzene rings is 3. The van der Waals surface area contributed by atoms with E-state index >= 15 is 0 Å². The number of aryl methyl sites for hydroxylation is 1. The third-order valence-corrected chi connectivity index (χ3v) is 4.81. The summed E-state index contributed by atoms with van der Waals surface area (Å²) in [7, 11) is 0. The molecule has 26 heavy (non-hydrogen) atoms. The molecule has 3 aromatic carbocycles. The highest BCUT2D eigenvalue weighted by Crippen LogP contribution is 2.45. The van der Waals surface area contributed by atoms with E-state index in [2.05, 4.69) is 0 Å². The number of hydrogen-bond acceptors (Lipinski definition) is 2. The van der Waals surface area contributed by atoms with Crippen LogP contribution in [0.1, 0.15) is 37.9 Å². The predicted molar refractivity (Wildman–Crippen MR) is 101 cm³/mol. The third-order valence-electron chi connectivity index (χ3n) is 4.81. The van der Waals surface area contributed by atoms with Gasteiger partial charge in [-0.1, -0.05) is 78.4 Å². The lowest BCUT2D eigenvalue weighted by atomic mass is 10.0. The van der Waals surface area contributed by atoms with Gasteiger partial charge in [-0.2, -0.15) is 0 Å². The minimum Gasteiger partial charge on any atom is -0.316 e. The first-order valence-electron chi connectivity index (χ1n) is 8.70. The van der Waals surface area contributed by atoms with Crippen molar-refractivity contribution in [3.05, 3.63) is 107 Å². The summed E-state index contributed by atoms with van der Waals surface area (Å²) in [4.78, 5) is 27.7. The number of carbonyl (C=O) groups is 2. The summed E-state index contributed by atoms with van der Waals surface area (Å²) in [6.45, 7) is 1.99. The van der Waals surface area contributed by atoms with E-state index in [0.29, 0.717) is 11.1 Å². The Balaban J connectivity index is 1.67. The van der Waals surface area contributed by atoms with Crippen LogP contribution in [0.4, 0.5) is 0 Å². The van der Waals surface area contributed by atoms with Crippen molar-refractivity contribution in [1.29, 1.82) is 0 Å². The molecule has 3 nitrogen and oxygen atoms in total. The highest BCUT2D eigenvalue weighted by Gasteiger charge is 2.56. The van der Waals surface area contributed by atoms with Crippen LogP contribution in [0.5, 0.6) is 0 Å². The summed E-state index contributed by atoms with van der Waals surface area (Å²) >= 11 is 0. The van der Waals surface area contributed by atoms with Gasteiger partial charge in [-0.3, -0.25) is 9.59 Å². The van der Waals surface area contributed by atoms with Gasteiger partial charge in [-0.25, -0.2) is 0 Å². The van der Waals surface area contributed by atoms with E-state index in [1.165, 1.54) is 0 Å². The Morgan fingerprint density at radius 3 is 1.92 bits per heavy atom. The molecule has 3 aromatic rings. The van der Waals surface area contributed by atoms with Crippen molar-refractivity contribution < 1.29 is 9.59 Å². The molecule has 0 unspecified atom stereocenters. The smallest absolute Gasteiger partial charge is 0.255 e. The number of carbonyl (C=O) groups excluding carboxylic acids is 2. The second kappa shape index (κ2) is 6.60. The summed E-state index contributed by atoms with van der Waals surface area (Å²) < 4.78 is 0. The fraction of sp³-hybridized carbons (Fsp3) is 0.130. The van der Waals surface area contributed by atoms with E-state index in [0.717, 1.165) is 11.1 Å². The van der Waals surface area contributed by atoms with E-state index < -0.39 is 6.04 Å². The Kier molecular flexibility index (Phi) is 4.13. The van der Waals surface area contributed by atoms with E-state index in [-0.39, 0.29) is 17.7 Å². The van der Waals surface area contributed by atoms with Crippen molar-refractivity contribution in [3.8, 4) is 0 Å². The minimum absolute atomic E-state index is 0.0140. The SMILES string of the molecule is Cc1ccc(C(=O)N2[C@H](c3ccccc3)[C@@H]2C(=O)c2ccccc2)cc1. The maximum atomic E-state index is 13.0. The Hall–Kier alpha value is -3.20. The van der Waals surface area contributed by atoms with Crippen LogP contribution in [0, 0.1) is 6.92 Å². The molecule has 0 radical (unpaired) electrons.